The van der Waals surface area contributed by atoms with Crippen LogP contribution in [0, 0.1) is 0 Å². The fourth-order valence-corrected chi connectivity index (χ4v) is 3.47. The Bertz CT molecular complexity index is 740. The molecule has 0 saturated carbocycles. The van der Waals surface area contributed by atoms with Crippen LogP contribution in [0.1, 0.15) is 25.5 Å². The van der Waals surface area contributed by atoms with E-state index >= 15 is 0 Å². The molecule has 19 heavy (non-hydrogen) atoms. The molecule has 0 aliphatic carbocycles. The fourth-order valence-electron chi connectivity index (χ4n) is 2.82. The van der Waals surface area contributed by atoms with Gasteiger partial charge in [0.25, 0.3) is 0 Å². The van der Waals surface area contributed by atoms with Crippen molar-refractivity contribution >= 4 is 37.7 Å². The molecule has 4 rings (SSSR count). The summed E-state index contributed by atoms with van der Waals surface area (Å²) in [5, 5.41) is 5.63. The van der Waals surface area contributed by atoms with Crippen molar-refractivity contribution in [1.82, 2.24) is 14.8 Å². The lowest BCUT2D eigenvalue weighted by Crippen LogP contribution is -2.18. The van der Waals surface area contributed by atoms with Gasteiger partial charge in [-0.15, -0.1) is 0 Å². The van der Waals surface area contributed by atoms with E-state index in [-0.39, 0.29) is 6.23 Å². The molecule has 1 atom stereocenters. The van der Waals surface area contributed by atoms with E-state index in [0.717, 1.165) is 40.2 Å². The number of aromatic nitrogens is 3. The normalized spacial score (nSPS) is 20.4. The minimum Gasteiger partial charge on any atom is -0.357 e. The zero-order valence-electron chi connectivity index (χ0n) is 10.4. The summed E-state index contributed by atoms with van der Waals surface area (Å²) < 4.78 is 9.05. The summed E-state index contributed by atoms with van der Waals surface area (Å²) in [7, 11) is 0. The number of nitrogens with one attached hydrogen (secondary N) is 1. The second-order valence-corrected chi connectivity index (χ2v) is 5.76. The van der Waals surface area contributed by atoms with E-state index in [1.165, 1.54) is 11.9 Å². The molecule has 0 spiro atoms. The Kier molecular flexibility index (Phi) is 2.63. The third-order valence-corrected chi connectivity index (χ3v) is 4.60. The number of benzene rings is 1. The Morgan fingerprint density at radius 1 is 1.42 bits per heavy atom. The number of aromatic amines is 1. The molecule has 1 N–H and O–H groups in total. The van der Waals surface area contributed by atoms with E-state index in [9.17, 15) is 0 Å². The first-order chi connectivity index (χ1) is 9.34. The molecular weight excluding hydrogens is 306 g/mol. The molecule has 0 radical (unpaired) electrons. The summed E-state index contributed by atoms with van der Waals surface area (Å²) in [6.07, 6.45) is 7.44. The standard InChI is InChI=1S/C14H14BrN3O/c15-13-10-8-17-18(12-3-1-2-6-19-12)11(10)7-9-4-5-16-14(9)13/h4-5,7-8,12,17H,1-3,6H2. The predicted octanol–water partition coefficient (Wildman–Crippen LogP) is 3.98. The number of H-pyrrole nitrogens is 1. The van der Waals surface area contributed by atoms with Crippen molar-refractivity contribution < 1.29 is 4.74 Å². The van der Waals surface area contributed by atoms with Crippen molar-refractivity contribution in [2.45, 2.75) is 25.5 Å². The highest BCUT2D eigenvalue weighted by Gasteiger charge is 2.19. The van der Waals surface area contributed by atoms with Gasteiger partial charge in [0.05, 0.1) is 15.5 Å². The summed E-state index contributed by atoms with van der Waals surface area (Å²) in [4.78, 5) is 4.39. The van der Waals surface area contributed by atoms with Crippen LogP contribution in [0.3, 0.4) is 0 Å². The summed E-state index contributed by atoms with van der Waals surface area (Å²) in [6.45, 7) is 0.847. The Balaban J connectivity index is 1.94. The van der Waals surface area contributed by atoms with Crippen LogP contribution in [-0.4, -0.2) is 21.4 Å². The highest BCUT2D eigenvalue weighted by Crippen LogP contribution is 2.34. The third kappa shape index (κ3) is 1.72. The summed E-state index contributed by atoms with van der Waals surface area (Å²) in [5.74, 6) is 0. The van der Waals surface area contributed by atoms with Crippen molar-refractivity contribution in [3.05, 3.63) is 29.0 Å². The van der Waals surface area contributed by atoms with Crippen LogP contribution in [0.5, 0.6) is 0 Å². The Morgan fingerprint density at radius 3 is 3.21 bits per heavy atom. The Morgan fingerprint density at radius 2 is 2.37 bits per heavy atom. The largest absolute Gasteiger partial charge is 0.357 e. The maximum absolute atomic E-state index is 5.86. The molecule has 3 heterocycles. The molecule has 4 nitrogen and oxygen atoms in total. The average Bonchev–Trinajstić information content (AvgIpc) is 3.07. The van der Waals surface area contributed by atoms with E-state index in [4.69, 9.17) is 4.74 Å². The van der Waals surface area contributed by atoms with Crippen LogP contribution in [0.25, 0.3) is 21.8 Å². The zero-order chi connectivity index (χ0) is 12.8. The number of hydrogen-bond donors (Lipinski definition) is 1. The first kappa shape index (κ1) is 11.5. The smallest absolute Gasteiger partial charge is 0.148 e. The van der Waals surface area contributed by atoms with Crippen LogP contribution in [0.4, 0.5) is 0 Å². The second kappa shape index (κ2) is 4.35. The monoisotopic (exact) mass is 319 g/mol. The van der Waals surface area contributed by atoms with Gasteiger partial charge in [0.15, 0.2) is 0 Å². The molecule has 2 aromatic heterocycles. The van der Waals surface area contributed by atoms with Gasteiger partial charge in [-0.25, -0.2) is 0 Å². The second-order valence-electron chi connectivity index (χ2n) is 4.97. The molecule has 98 valence electrons. The number of hydrogen-bond acceptors (Lipinski definition) is 2. The molecule has 3 aromatic rings. The molecule has 1 aliphatic heterocycles. The Labute approximate surface area is 118 Å². The first-order valence-electron chi connectivity index (χ1n) is 6.59. The number of rotatable bonds is 1. The van der Waals surface area contributed by atoms with Gasteiger partial charge in [0.2, 0.25) is 0 Å². The third-order valence-electron chi connectivity index (χ3n) is 3.79. The van der Waals surface area contributed by atoms with Crippen molar-refractivity contribution in [2.75, 3.05) is 6.61 Å². The van der Waals surface area contributed by atoms with Gasteiger partial charge in [-0.3, -0.25) is 9.67 Å². The first-order valence-corrected chi connectivity index (χ1v) is 7.38. The van der Waals surface area contributed by atoms with Gasteiger partial charge >= 0.3 is 0 Å². The molecule has 0 amide bonds. The highest BCUT2D eigenvalue weighted by molar-refractivity contribution is 9.10. The minimum absolute atomic E-state index is 0.124. The summed E-state index contributed by atoms with van der Waals surface area (Å²) in [6, 6.07) is 4.22. The van der Waals surface area contributed by atoms with Gasteiger partial charge < -0.3 is 9.84 Å². The van der Waals surface area contributed by atoms with E-state index in [1.54, 1.807) is 0 Å². The van der Waals surface area contributed by atoms with Gasteiger partial charge in [-0.2, -0.15) is 0 Å². The molecule has 5 heteroatoms. The van der Waals surface area contributed by atoms with Crippen LogP contribution in [-0.2, 0) is 4.74 Å². The van der Waals surface area contributed by atoms with Crippen LogP contribution in [0.2, 0.25) is 0 Å². The highest BCUT2D eigenvalue weighted by atomic mass is 79.9. The van der Waals surface area contributed by atoms with Gasteiger partial charge in [0, 0.05) is 29.8 Å². The lowest BCUT2D eigenvalue weighted by Gasteiger charge is -2.24. The summed E-state index contributed by atoms with van der Waals surface area (Å²) in [5.41, 5.74) is 2.18. The molecular formula is C14H14BrN3O. The van der Waals surface area contributed by atoms with E-state index in [1.807, 2.05) is 18.5 Å². The van der Waals surface area contributed by atoms with E-state index in [0.29, 0.717) is 0 Å². The molecule has 1 aromatic carbocycles. The predicted molar refractivity (Wildman–Crippen MR) is 78.1 cm³/mol. The number of halogens is 1. The lowest BCUT2D eigenvalue weighted by molar-refractivity contribution is -0.0366. The van der Waals surface area contributed by atoms with Crippen LogP contribution < -0.4 is 0 Å². The number of fused-ring (bicyclic) bond motifs is 2. The molecule has 1 aliphatic rings. The SMILES string of the molecule is Brc1c2c[nH]n(C3CCCCO3)c2cc2ccnc12. The maximum Gasteiger partial charge on any atom is 0.148 e. The van der Waals surface area contributed by atoms with Crippen molar-refractivity contribution in [3.8, 4) is 0 Å². The van der Waals surface area contributed by atoms with Gasteiger partial charge in [0.1, 0.15) is 6.23 Å². The van der Waals surface area contributed by atoms with E-state index in [2.05, 4.69) is 36.8 Å². The van der Waals surface area contributed by atoms with E-state index < -0.39 is 0 Å². The topological polar surface area (TPSA) is 42.8 Å². The van der Waals surface area contributed by atoms with Gasteiger partial charge in [-0.05, 0) is 47.3 Å². The van der Waals surface area contributed by atoms with Gasteiger partial charge in [-0.1, -0.05) is 0 Å². The van der Waals surface area contributed by atoms with Crippen molar-refractivity contribution in [1.29, 1.82) is 0 Å². The quantitative estimate of drug-likeness (QED) is 0.737. The molecule has 1 saturated heterocycles. The minimum atomic E-state index is 0.124. The lowest BCUT2D eigenvalue weighted by atomic mass is 10.1. The van der Waals surface area contributed by atoms with Crippen LogP contribution in [0.15, 0.2) is 29.0 Å². The average molecular weight is 320 g/mol. The van der Waals surface area contributed by atoms with Crippen LogP contribution >= 0.6 is 15.9 Å². The number of ether oxygens (including phenoxy) is 1. The molecule has 0 bridgehead atoms. The molecule has 1 unspecified atom stereocenters. The van der Waals surface area contributed by atoms with Crippen molar-refractivity contribution in [2.24, 2.45) is 0 Å². The van der Waals surface area contributed by atoms with Crippen molar-refractivity contribution in [3.63, 3.8) is 0 Å². The molecule has 1 fully saturated rings. The fraction of sp³-hybridized carbons (Fsp3) is 0.357. The number of nitrogens with zero attached hydrogens (tertiary/aromatic N) is 2. The maximum atomic E-state index is 5.86. The Hall–Kier alpha value is -1.33. The zero-order valence-corrected chi connectivity index (χ0v) is 12.0. The summed E-state index contributed by atoms with van der Waals surface area (Å²) >= 11 is 3.66.